The zero-order chi connectivity index (χ0) is 23.2. The topological polar surface area (TPSA) is 80.0 Å². The van der Waals surface area contributed by atoms with E-state index >= 15 is 0 Å². The third kappa shape index (κ3) is 6.34. The molecule has 2 N–H and O–H groups in total. The summed E-state index contributed by atoms with van der Waals surface area (Å²) >= 11 is 7.32. The lowest BCUT2D eigenvalue weighted by Crippen LogP contribution is -2.38. The highest BCUT2D eigenvalue weighted by Gasteiger charge is 2.26. The van der Waals surface area contributed by atoms with Gasteiger partial charge >= 0.3 is 0 Å². The Labute approximate surface area is 201 Å². The van der Waals surface area contributed by atoms with Gasteiger partial charge in [-0.3, -0.25) is 4.79 Å². The summed E-state index contributed by atoms with van der Waals surface area (Å²) < 4.78 is 19.4. The van der Waals surface area contributed by atoms with Gasteiger partial charge in [-0.05, 0) is 80.8 Å². The fraction of sp³-hybridized carbons (Fsp3) is 0.375. The molecule has 1 saturated carbocycles. The summed E-state index contributed by atoms with van der Waals surface area (Å²) in [4.78, 5) is 21.1. The smallest absolute Gasteiger partial charge is 0.227 e. The Morgan fingerprint density at radius 2 is 1.94 bits per heavy atom. The predicted molar refractivity (Wildman–Crippen MR) is 127 cm³/mol. The molecule has 2 aromatic heterocycles. The van der Waals surface area contributed by atoms with Gasteiger partial charge in [-0.2, -0.15) is 0 Å². The molecule has 4 rings (SSSR count). The normalized spacial score (nSPS) is 18.3. The van der Waals surface area contributed by atoms with Crippen molar-refractivity contribution in [3.05, 3.63) is 59.1 Å². The molecule has 9 heteroatoms. The predicted octanol–water partition coefficient (Wildman–Crippen LogP) is 5.46. The summed E-state index contributed by atoms with van der Waals surface area (Å²) in [6.07, 6.45) is 5.21. The number of aromatic nitrogens is 2. The fourth-order valence-corrected chi connectivity index (χ4v) is 4.78. The van der Waals surface area contributed by atoms with Gasteiger partial charge in [-0.15, -0.1) is 0 Å². The molecule has 0 radical (unpaired) electrons. The Kier molecular flexibility index (Phi) is 8.01. The van der Waals surface area contributed by atoms with Crippen LogP contribution in [0, 0.1) is 11.7 Å². The van der Waals surface area contributed by atoms with Crippen LogP contribution >= 0.6 is 23.4 Å². The molecule has 0 saturated heterocycles. The first-order valence-electron chi connectivity index (χ1n) is 11.1. The minimum absolute atomic E-state index is 0.0993. The molecule has 1 aliphatic carbocycles. The van der Waals surface area contributed by atoms with Crippen LogP contribution < -0.4 is 10.6 Å². The van der Waals surface area contributed by atoms with Crippen LogP contribution in [0.4, 0.5) is 4.39 Å². The Morgan fingerprint density at radius 1 is 1.18 bits per heavy atom. The van der Waals surface area contributed by atoms with Gasteiger partial charge in [0.2, 0.25) is 11.8 Å². The monoisotopic (exact) mass is 488 g/mol. The number of hydrogen-bond acceptors (Lipinski definition) is 6. The van der Waals surface area contributed by atoms with Crippen molar-refractivity contribution in [1.29, 1.82) is 0 Å². The van der Waals surface area contributed by atoms with Crippen molar-refractivity contribution in [2.45, 2.75) is 55.3 Å². The van der Waals surface area contributed by atoms with E-state index in [0.29, 0.717) is 40.7 Å². The largest absolute Gasteiger partial charge is 0.429 e. The van der Waals surface area contributed by atoms with Crippen molar-refractivity contribution in [3.63, 3.8) is 0 Å². The first-order chi connectivity index (χ1) is 16.0. The molecule has 0 atom stereocenters. The molecule has 2 heterocycles. The van der Waals surface area contributed by atoms with E-state index in [9.17, 15) is 9.18 Å². The quantitative estimate of drug-likeness (QED) is 0.438. The van der Waals surface area contributed by atoms with Crippen LogP contribution in [0.15, 0.2) is 57.1 Å². The maximum atomic E-state index is 13.3. The molecule has 1 aliphatic rings. The third-order valence-corrected chi connectivity index (χ3v) is 6.84. The molecule has 33 heavy (non-hydrogen) atoms. The number of pyridine rings is 1. The molecule has 1 aromatic carbocycles. The second-order valence-corrected chi connectivity index (χ2v) is 9.43. The van der Waals surface area contributed by atoms with Crippen LogP contribution in [0.5, 0.6) is 0 Å². The van der Waals surface area contributed by atoms with Gasteiger partial charge in [0.15, 0.2) is 5.09 Å². The van der Waals surface area contributed by atoms with E-state index in [1.165, 1.54) is 23.9 Å². The van der Waals surface area contributed by atoms with Crippen LogP contribution in [-0.2, 0) is 11.3 Å². The van der Waals surface area contributed by atoms with Crippen LogP contribution in [0.2, 0.25) is 5.02 Å². The molecule has 3 aromatic rings. The zero-order valence-corrected chi connectivity index (χ0v) is 19.9. The van der Waals surface area contributed by atoms with E-state index < -0.39 is 0 Å². The maximum absolute atomic E-state index is 13.3. The highest BCUT2D eigenvalue weighted by atomic mass is 35.5. The number of benzene rings is 1. The standard InChI is InChI=1S/C24H26ClFN4O2S/c1-2-27-22(31)15-5-10-19(11-6-15)28-14-20-24(33-21-12-7-17(25)13-29-21)32-23(30-20)16-3-8-18(26)9-4-16/h3-4,7-9,12-13,15,19,28H,2,5-6,10-11,14H2,1H3,(H,27,31)/t15-,19-. The molecule has 0 bridgehead atoms. The number of carbonyl (C=O) groups is 1. The maximum Gasteiger partial charge on any atom is 0.227 e. The fourth-order valence-electron chi connectivity index (χ4n) is 3.88. The summed E-state index contributed by atoms with van der Waals surface area (Å²) in [5.74, 6) is 0.381. The lowest BCUT2D eigenvalue weighted by atomic mass is 9.85. The summed E-state index contributed by atoms with van der Waals surface area (Å²) in [5, 5.41) is 8.43. The SMILES string of the molecule is CCNC(=O)[C@H]1CC[C@H](NCc2nc(-c3ccc(F)cc3)oc2Sc2ccc(Cl)cn2)CC1. The van der Waals surface area contributed by atoms with Gasteiger partial charge in [0.25, 0.3) is 0 Å². The number of halogens is 2. The number of rotatable bonds is 8. The average molecular weight is 489 g/mol. The second-order valence-electron chi connectivity index (χ2n) is 8.00. The molecular formula is C24H26ClFN4O2S. The van der Waals surface area contributed by atoms with Crippen molar-refractivity contribution in [2.75, 3.05) is 6.54 Å². The Hall–Kier alpha value is -2.42. The lowest BCUT2D eigenvalue weighted by Gasteiger charge is -2.28. The Bertz CT molecular complexity index is 1070. The molecule has 0 spiro atoms. The first-order valence-corrected chi connectivity index (χ1v) is 12.3. The van der Waals surface area contributed by atoms with E-state index in [4.69, 9.17) is 16.0 Å². The highest BCUT2D eigenvalue weighted by Crippen LogP contribution is 2.34. The Balaban J connectivity index is 1.46. The van der Waals surface area contributed by atoms with Gasteiger partial charge in [-0.25, -0.2) is 14.4 Å². The van der Waals surface area contributed by atoms with E-state index in [1.54, 1.807) is 24.4 Å². The summed E-state index contributed by atoms with van der Waals surface area (Å²) in [6.45, 7) is 3.14. The van der Waals surface area contributed by atoms with Gasteiger partial charge < -0.3 is 15.1 Å². The lowest BCUT2D eigenvalue weighted by molar-refractivity contribution is -0.125. The number of oxazole rings is 1. The number of nitrogens with zero attached hydrogens (tertiary/aromatic N) is 2. The van der Waals surface area contributed by atoms with Crippen molar-refractivity contribution < 1.29 is 13.6 Å². The average Bonchev–Trinajstić information content (AvgIpc) is 3.22. The van der Waals surface area contributed by atoms with Crippen molar-refractivity contribution >= 4 is 29.3 Å². The van der Waals surface area contributed by atoms with Gasteiger partial charge in [-0.1, -0.05) is 11.6 Å². The molecule has 0 aliphatic heterocycles. The number of carbonyl (C=O) groups excluding carboxylic acids is 1. The van der Waals surface area contributed by atoms with Crippen LogP contribution in [-0.4, -0.2) is 28.5 Å². The summed E-state index contributed by atoms with van der Waals surface area (Å²) in [5.41, 5.74) is 1.47. The molecule has 6 nitrogen and oxygen atoms in total. The molecular weight excluding hydrogens is 463 g/mol. The van der Waals surface area contributed by atoms with Gasteiger partial charge in [0.1, 0.15) is 16.5 Å². The van der Waals surface area contributed by atoms with Crippen LogP contribution in [0.1, 0.15) is 38.3 Å². The number of amides is 1. The molecule has 1 amide bonds. The minimum Gasteiger partial charge on any atom is -0.429 e. The second kappa shape index (κ2) is 11.1. The number of nitrogens with one attached hydrogen (secondary N) is 2. The van der Waals surface area contributed by atoms with Crippen LogP contribution in [0.3, 0.4) is 0 Å². The van der Waals surface area contributed by atoms with E-state index in [-0.39, 0.29) is 17.6 Å². The Morgan fingerprint density at radius 3 is 2.61 bits per heavy atom. The van der Waals surface area contributed by atoms with Crippen molar-refractivity contribution in [3.8, 4) is 11.5 Å². The van der Waals surface area contributed by atoms with Crippen LogP contribution in [0.25, 0.3) is 11.5 Å². The van der Waals surface area contributed by atoms with Crippen molar-refractivity contribution in [2.24, 2.45) is 5.92 Å². The van der Waals surface area contributed by atoms with E-state index in [0.717, 1.165) is 36.4 Å². The summed E-state index contributed by atoms with van der Waals surface area (Å²) in [7, 11) is 0. The zero-order valence-electron chi connectivity index (χ0n) is 18.3. The van der Waals surface area contributed by atoms with Gasteiger partial charge in [0, 0.05) is 36.8 Å². The van der Waals surface area contributed by atoms with E-state index in [1.807, 2.05) is 13.0 Å². The third-order valence-electron chi connectivity index (χ3n) is 5.66. The first kappa shape index (κ1) is 23.7. The highest BCUT2D eigenvalue weighted by molar-refractivity contribution is 7.99. The van der Waals surface area contributed by atoms with Crippen molar-refractivity contribution in [1.82, 2.24) is 20.6 Å². The molecule has 1 fully saturated rings. The molecule has 0 unspecified atom stereocenters. The molecule has 174 valence electrons. The number of hydrogen-bond donors (Lipinski definition) is 2. The minimum atomic E-state index is -0.310. The van der Waals surface area contributed by atoms with Gasteiger partial charge in [0.05, 0.1) is 5.02 Å². The van der Waals surface area contributed by atoms with E-state index in [2.05, 4.69) is 20.6 Å². The summed E-state index contributed by atoms with van der Waals surface area (Å²) in [6, 6.07) is 9.99.